The molecule has 6 nitrogen and oxygen atoms in total. The number of pyridine rings is 1. The van der Waals surface area contributed by atoms with Crippen LogP contribution in [-0.2, 0) is 9.59 Å². The molecule has 32 heavy (non-hydrogen) atoms. The number of carbonyl (C=O) groups excluding carboxylic acids is 2. The van der Waals surface area contributed by atoms with Gasteiger partial charge in [-0.1, -0.05) is 12.1 Å². The lowest BCUT2D eigenvalue weighted by Gasteiger charge is -2.25. The number of anilines is 1. The summed E-state index contributed by atoms with van der Waals surface area (Å²) in [5.41, 5.74) is 3.64. The molecule has 1 amide bonds. The van der Waals surface area contributed by atoms with Crippen LogP contribution >= 0.6 is 0 Å². The standard InChI is InChI=1S/C26H24N2O4/c1-4-32-21-9-7-18(8-10-21)24(29)22-23(19-6-5-11-27-15-19)28(26(31)25(22)30)20-13-16(2)12-17(3)14-20/h5-15,23,29H,4H2,1-3H3/b24-22+. The van der Waals surface area contributed by atoms with Crippen LogP contribution in [0.15, 0.2) is 72.6 Å². The maximum absolute atomic E-state index is 13.2. The molecule has 0 bridgehead atoms. The van der Waals surface area contributed by atoms with Gasteiger partial charge in [0.2, 0.25) is 0 Å². The summed E-state index contributed by atoms with van der Waals surface area (Å²) in [5, 5.41) is 11.2. The van der Waals surface area contributed by atoms with Crippen molar-refractivity contribution < 1.29 is 19.4 Å². The predicted octanol–water partition coefficient (Wildman–Crippen LogP) is 4.72. The molecule has 0 radical (unpaired) electrons. The minimum absolute atomic E-state index is 0.0336. The number of aliphatic hydroxyl groups is 1. The van der Waals surface area contributed by atoms with Gasteiger partial charge in [-0.2, -0.15) is 0 Å². The number of carbonyl (C=O) groups is 2. The van der Waals surface area contributed by atoms with Crippen molar-refractivity contribution in [1.82, 2.24) is 4.98 Å². The highest BCUT2D eigenvalue weighted by atomic mass is 16.5. The van der Waals surface area contributed by atoms with E-state index in [1.54, 1.807) is 48.8 Å². The third-order valence-electron chi connectivity index (χ3n) is 5.37. The first-order valence-electron chi connectivity index (χ1n) is 10.4. The summed E-state index contributed by atoms with van der Waals surface area (Å²) in [4.78, 5) is 32.0. The third-order valence-corrected chi connectivity index (χ3v) is 5.37. The number of ketones is 1. The van der Waals surface area contributed by atoms with Gasteiger partial charge in [-0.3, -0.25) is 19.5 Å². The molecule has 1 aliphatic heterocycles. The SMILES string of the molecule is CCOc1ccc(/C(O)=C2\C(=O)C(=O)N(c3cc(C)cc(C)c3)C2c2cccnc2)cc1. The maximum Gasteiger partial charge on any atom is 0.300 e. The van der Waals surface area contributed by atoms with Gasteiger partial charge >= 0.3 is 0 Å². The smallest absolute Gasteiger partial charge is 0.300 e. The van der Waals surface area contributed by atoms with E-state index in [9.17, 15) is 14.7 Å². The van der Waals surface area contributed by atoms with E-state index in [1.807, 2.05) is 39.0 Å². The molecule has 6 heteroatoms. The van der Waals surface area contributed by atoms with Crippen molar-refractivity contribution in [3.63, 3.8) is 0 Å². The van der Waals surface area contributed by atoms with Crippen LogP contribution in [0, 0.1) is 13.8 Å². The van der Waals surface area contributed by atoms with Crippen LogP contribution in [-0.4, -0.2) is 28.4 Å². The average molecular weight is 428 g/mol. The zero-order chi connectivity index (χ0) is 22.8. The van der Waals surface area contributed by atoms with E-state index < -0.39 is 17.7 Å². The molecule has 1 atom stereocenters. The largest absolute Gasteiger partial charge is 0.507 e. The Kier molecular flexibility index (Phi) is 5.77. The monoisotopic (exact) mass is 428 g/mol. The molecule has 1 fully saturated rings. The number of aryl methyl sites for hydroxylation is 2. The Morgan fingerprint density at radius 2 is 1.75 bits per heavy atom. The average Bonchev–Trinajstić information content (AvgIpc) is 3.05. The minimum Gasteiger partial charge on any atom is -0.507 e. The van der Waals surface area contributed by atoms with Crippen molar-refractivity contribution in [3.8, 4) is 5.75 Å². The van der Waals surface area contributed by atoms with Crippen molar-refractivity contribution in [3.05, 3.63) is 94.8 Å². The number of benzene rings is 2. The van der Waals surface area contributed by atoms with E-state index in [2.05, 4.69) is 4.98 Å². The van der Waals surface area contributed by atoms with Gasteiger partial charge in [0.15, 0.2) is 0 Å². The molecule has 2 heterocycles. The third kappa shape index (κ3) is 3.87. The molecule has 0 spiro atoms. The Morgan fingerprint density at radius 1 is 1.06 bits per heavy atom. The molecule has 1 saturated heterocycles. The summed E-state index contributed by atoms with van der Waals surface area (Å²) >= 11 is 0. The van der Waals surface area contributed by atoms with Crippen LogP contribution in [0.4, 0.5) is 5.69 Å². The van der Waals surface area contributed by atoms with Crippen LogP contribution in [0.5, 0.6) is 5.75 Å². The van der Waals surface area contributed by atoms with Gasteiger partial charge in [-0.25, -0.2) is 0 Å². The number of ether oxygens (including phenoxy) is 1. The van der Waals surface area contributed by atoms with Crippen LogP contribution in [0.2, 0.25) is 0 Å². The lowest BCUT2D eigenvalue weighted by atomic mass is 9.96. The number of hydrogen-bond acceptors (Lipinski definition) is 5. The van der Waals surface area contributed by atoms with Crippen molar-refractivity contribution in [1.29, 1.82) is 0 Å². The number of amides is 1. The molecular weight excluding hydrogens is 404 g/mol. The molecule has 1 aromatic heterocycles. The van der Waals surface area contributed by atoms with Gasteiger partial charge in [-0.15, -0.1) is 0 Å². The van der Waals surface area contributed by atoms with E-state index in [-0.39, 0.29) is 11.3 Å². The second-order valence-corrected chi connectivity index (χ2v) is 7.76. The van der Waals surface area contributed by atoms with E-state index in [0.29, 0.717) is 29.2 Å². The Balaban J connectivity index is 1.90. The Bertz CT molecular complexity index is 1180. The van der Waals surface area contributed by atoms with Gasteiger partial charge < -0.3 is 9.84 Å². The van der Waals surface area contributed by atoms with Crippen LogP contribution in [0.25, 0.3) is 5.76 Å². The van der Waals surface area contributed by atoms with E-state index in [1.165, 1.54) is 4.90 Å². The first-order chi connectivity index (χ1) is 15.4. The normalized spacial score (nSPS) is 17.6. The Labute approximate surface area is 186 Å². The van der Waals surface area contributed by atoms with Crippen molar-refractivity contribution in [2.45, 2.75) is 26.8 Å². The zero-order valence-corrected chi connectivity index (χ0v) is 18.2. The summed E-state index contributed by atoms with van der Waals surface area (Å²) in [6.07, 6.45) is 3.23. The highest BCUT2D eigenvalue weighted by Crippen LogP contribution is 2.42. The van der Waals surface area contributed by atoms with Crippen LogP contribution in [0.1, 0.15) is 35.2 Å². The van der Waals surface area contributed by atoms with E-state index in [4.69, 9.17) is 4.74 Å². The fraction of sp³-hybridized carbons (Fsp3) is 0.192. The van der Waals surface area contributed by atoms with Gasteiger partial charge in [0.1, 0.15) is 11.5 Å². The fourth-order valence-corrected chi connectivity index (χ4v) is 4.07. The number of rotatable bonds is 5. The number of aromatic nitrogens is 1. The quantitative estimate of drug-likeness (QED) is 0.361. The van der Waals surface area contributed by atoms with Crippen LogP contribution < -0.4 is 9.64 Å². The zero-order valence-electron chi connectivity index (χ0n) is 18.2. The van der Waals surface area contributed by atoms with Gasteiger partial charge in [0.05, 0.1) is 18.2 Å². The van der Waals surface area contributed by atoms with Gasteiger partial charge in [0.25, 0.3) is 11.7 Å². The Hall–Kier alpha value is -3.93. The molecule has 0 saturated carbocycles. The summed E-state index contributed by atoms with van der Waals surface area (Å²) in [6, 6.07) is 15.2. The second-order valence-electron chi connectivity index (χ2n) is 7.76. The molecule has 1 unspecified atom stereocenters. The number of Topliss-reactive ketones (excluding diaryl/α,β-unsaturated/α-hetero) is 1. The highest BCUT2D eigenvalue weighted by molar-refractivity contribution is 6.51. The molecule has 1 N–H and O–H groups in total. The topological polar surface area (TPSA) is 79.7 Å². The molecular formula is C26H24N2O4. The van der Waals surface area contributed by atoms with Gasteiger partial charge in [0, 0.05) is 23.6 Å². The number of hydrogen-bond donors (Lipinski definition) is 1. The molecule has 0 aliphatic carbocycles. The first-order valence-corrected chi connectivity index (χ1v) is 10.4. The van der Waals surface area contributed by atoms with E-state index in [0.717, 1.165) is 11.1 Å². The lowest BCUT2D eigenvalue weighted by molar-refractivity contribution is -0.132. The summed E-state index contributed by atoms with van der Waals surface area (Å²) < 4.78 is 5.46. The van der Waals surface area contributed by atoms with Crippen molar-refractivity contribution in [2.75, 3.05) is 11.5 Å². The van der Waals surface area contributed by atoms with Crippen molar-refractivity contribution >= 4 is 23.1 Å². The molecule has 4 rings (SSSR count). The summed E-state index contributed by atoms with van der Waals surface area (Å²) in [6.45, 7) is 6.28. The summed E-state index contributed by atoms with van der Waals surface area (Å²) in [7, 11) is 0. The number of nitrogens with zero attached hydrogens (tertiary/aromatic N) is 2. The first kappa shape index (κ1) is 21.3. The Morgan fingerprint density at radius 3 is 2.34 bits per heavy atom. The fourth-order valence-electron chi connectivity index (χ4n) is 4.07. The van der Waals surface area contributed by atoms with Gasteiger partial charge in [-0.05, 0) is 79.9 Å². The molecule has 3 aromatic rings. The second kappa shape index (κ2) is 8.67. The summed E-state index contributed by atoms with van der Waals surface area (Å²) in [5.74, 6) is -0.989. The molecule has 162 valence electrons. The minimum atomic E-state index is -0.795. The molecule has 1 aliphatic rings. The highest BCUT2D eigenvalue weighted by Gasteiger charge is 2.47. The van der Waals surface area contributed by atoms with Crippen molar-refractivity contribution in [2.24, 2.45) is 0 Å². The number of aliphatic hydroxyl groups excluding tert-OH is 1. The van der Waals surface area contributed by atoms with E-state index >= 15 is 0 Å². The lowest BCUT2D eigenvalue weighted by Crippen LogP contribution is -2.29. The molecule has 2 aromatic carbocycles. The van der Waals surface area contributed by atoms with Crippen LogP contribution in [0.3, 0.4) is 0 Å². The predicted molar refractivity (Wildman–Crippen MR) is 123 cm³/mol. The maximum atomic E-state index is 13.2.